The number of carbonyl (C=O) groups excluding carboxylic acids is 2. The van der Waals surface area contributed by atoms with Gasteiger partial charge in [0, 0.05) is 22.7 Å². The maximum Gasteiger partial charge on any atom is 0.508 e. The number of allylic oxidation sites excluding steroid dienone is 1. The normalized spacial score (nSPS) is 39.9. The highest BCUT2D eigenvalue weighted by Gasteiger charge is 2.70. The van der Waals surface area contributed by atoms with Crippen molar-refractivity contribution in [2.75, 3.05) is 13.7 Å². The van der Waals surface area contributed by atoms with Crippen LogP contribution < -0.4 is 0 Å². The van der Waals surface area contributed by atoms with Gasteiger partial charge in [0.15, 0.2) is 5.60 Å². The third-order valence-corrected chi connectivity index (χ3v) is 10.9. The van der Waals surface area contributed by atoms with Gasteiger partial charge < -0.3 is 18.6 Å². The first-order chi connectivity index (χ1) is 17.0. The molecule has 7 heteroatoms. The van der Waals surface area contributed by atoms with Gasteiger partial charge in [-0.2, -0.15) is 0 Å². The number of hydrogen-bond acceptors (Lipinski definition) is 6. The SMILES string of the molecule is COC(=O)OC12COC1CC(C)C(C)(C(=O)C(C)C)C2C(C)CC1(O[Si](C)C)CC(C)C(C)=CC1(C)C. The van der Waals surface area contributed by atoms with Crippen molar-refractivity contribution in [3.63, 3.8) is 0 Å². The van der Waals surface area contributed by atoms with Gasteiger partial charge in [-0.15, -0.1) is 0 Å². The van der Waals surface area contributed by atoms with Crippen molar-refractivity contribution in [2.45, 2.75) is 112 Å². The molecule has 1 saturated heterocycles. The highest BCUT2D eigenvalue weighted by atomic mass is 28.3. The number of ether oxygens (including phenoxy) is 3. The molecule has 0 amide bonds. The number of carbonyl (C=O) groups is 2. The predicted molar refractivity (Wildman–Crippen MR) is 148 cm³/mol. The third kappa shape index (κ3) is 4.97. The minimum absolute atomic E-state index is 0.0335. The van der Waals surface area contributed by atoms with Gasteiger partial charge in [0.25, 0.3) is 0 Å². The molecule has 0 aromatic heterocycles. The topological polar surface area (TPSA) is 71.1 Å². The molecule has 2 fully saturated rings. The van der Waals surface area contributed by atoms with Gasteiger partial charge in [0.1, 0.15) is 11.9 Å². The van der Waals surface area contributed by atoms with E-state index in [0.717, 1.165) is 12.8 Å². The minimum atomic E-state index is -1.02. The van der Waals surface area contributed by atoms with E-state index in [1.54, 1.807) is 0 Å². The summed E-state index contributed by atoms with van der Waals surface area (Å²) in [5.41, 5.74) is -0.711. The first kappa shape index (κ1) is 30.4. The summed E-state index contributed by atoms with van der Waals surface area (Å²) in [6.45, 7) is 24.3. The van der Waals surface area contributed by atoms with Gasteiger partial charge in [-0.1, -0.05) is 67.0 Å². The van der Waals surface area contributed by atoms with Crippen molar-refractivity contribution < 1.29 is 28.2 Å². The average molecular weight is 536 g/mol. The third-order valence-electron chi connectivity index (χ3n) is 10.1. The van der Waals surface area contributed by atoms with Gasteiger partial charge in [-0.3, -0.25) is 4.79 Å². The van der Waals surface area contributed by atoms with E-state index in [1.807, 2.05) is 13.8 Å². The zero-order valence-corrected chi connectivity index (χ0v) is 26.3. The fourth-order valence-corrected chi connectivity index (χ4v) is 9.31. The Bertz CT molecular complexity index is 912. The van der Waals surface area contributed by atoms with Gasteiger partial charge in [0.05, 0.1) is 19.3 Å². The molecule has 1 saturated carbocycles. The number of hydrogen-bond donors (Lipinski definition) is 0. The Balaban J connectivity index is 2.16. The maximum absolute atomic E-state index is 14.0. The van der Waals surface area contributed by atoms with Crippen LogP contribution in [0.3, 0.4) is 0 Å². The Kier molecular flexibility index (Phi) is 8.55. The van der Waals surface area contributed by atoms with Crippen molar-refractivity contribution in [2.24, 2.45) is 40.4 Å². The van der Waals surface area contributed by atoms with Crippen LogP contribution in [0.25, 0.3) is 0 Å². The summed E-state index contributed by atoms with van der Waals surface area (Å²) in [4.78, 5) is 26.6. The van der Waals surface area contributed by atoms with Crippen LogP contribution >= 0.6 is 0 Å². The zero-order valence-electron chi connectivity index (χ0n) is 25.3. The van der Waals surface area contributed by atoms with Crippen LogP contribution in [0.2, 0.25) is 13.1 Å². The van der Waals surface area contributed by atoms with Gasteiger partial charge in [-0.25, -0.2) is 4.79 Å². The van der Waals surface area contributed by atoms with Crippen LogP contribution in [0.15, 0.2) is 11.6 Å². The Labute approximate surface area is 226 Å². The lowest BCUT2D eigenvalue weighted by Crippen LogP contribution is -2.75. The summed E-state index contributed by atoms with van der Waals surface area (Å²) in [5.74, 6) is 0.413. The van der Waals surface area contributed by atoms with Crippen molar-refractivity contribution in [3.05, 3.63) is 11.6 Å². The number of Topliss-reactive ketones (excluding diaryl/α,β-unsaturated/α-hetero) is 1. The molecule has 1 heterocycles. The molecule has 0 spiro atoms. The number of fused-ring (bicyclic) bond motifs is 1. The molecule has 1 radical (unpaired) electrons. The lowest BCUT2D eigenvalue weighted by Gasteiger charge is -2.64. The second-order valence-corrected chi connectivity index (χ2v) is 15.6. The van der Waals surface area contributed by atoms with E-state index < -0.39 is 26.2 Å². The van der Waals surface area contributed by atoms with Crippen LogP contribution in [0.5, 0.6) is 0 Å². The Morgan fingerprint density at radius 2 is 1.78 bits per heavy atom. The summed E-state index contributed by atoms with van der Waals surface area (Å²) in [6, 6.07) is 0. The van der Waals surface area contributed by atoms with Gasteiger partial charge >= 0.3 is 6.16 Å². The highest BCUT2D eigenvalue weighted by Crippen LogP contribution is 2.62. The average Bonchev–Trinajstić information content (AvgIpc) is 2.77. The van der Waals surface area contributed by atoms with Crippen LogP contribution in [-0.4, -0.2) is 52.0 Å². The van der Waals surface area contributed by atoms with Crippen LogP contribution in [0.4, 0.5) is 4.79 Å². The molecular formula is C30H51O6Si. The van der Waals surface area contributed by atoms with E-state index >= 15 is 0 Å². The summed E-state index contributed by atoms with van der Waals surface area (Å²) in [7, 11) is 0.319. The predicted octanol–water partition coefficient (Wildman–Crippen LogP) is 6.84. The molecule has 0 bridgehead atoms. The molecule has 8 atom stereocenters. The Morgan fingerprint density at radius 1 is 1.16 bits per heavy atom. The van der Waals surface area contributed by atoms with E-state index in [2.05, 4.69) is 67.6 Å². The Hall–Kier alpha value is -1.18. The number of rotatable bonds is 8. The first-order valence-electron chi connectivity index (χ1n) is 14.1. The molecule has 37 heavy (non-hydrogen) atoms. The monoisotopic (exact) mass is 535 g/mol. The van der Waals surface area contributed by atoms with Crippen molar-refractivity contribution in [1.29, 1.82) is 0 Å². The molecule has 0 aromatic rings. The molecule has 6 nitrogen and oxygen atoms in total. The van der Waals surface area contributed by atoms with Crippen LogP contribution in [0, 0.1) is 40.4 Å². The molecule has 211 valence electrons. The van der Waals surface area contributed by atoms with E-state index in [0.29, 0.717) is 18.9 Å². The van der Waals surface area contributed by atoms with Crippen LogP contribution in [-0.2, 0) is 23.4 Å². The van der Waals surface area contributed by atoms with Crippen LogP contribution in [0.1, 0.15) is 81.6 Å². The van der Waals surface area contributed by atoms with E-state index in [9.17, 15) is 9.59 Å². The number of ketones is 1. The minimum Gasteiger partial charge on any atom is -0.438 e. The smallest absolute Gasteiger partial charge is 0.438 e. The largest absolute Gasteiger partial charge is 0.508 e. The molecule has 3 aliphatic rings. The maximum atomic E-state index is 14.0. The molecule has 2 aliphatic carbocycles. The molecular weight excluding hydrogens is 484 g/mol. The second-order valence-electron chi connectivity index (χ2n) is 13.6. The van der Waals surface area contributed by atoms with Crippen molar-refractivity contribution in [3.8, 4) is 0 Å². The fourth-order valence-electron chi connectivity index (χ4n) is 8.10. The molecule has 1 aliphatic heterocycles. The van der Waals surface area contributed by atoms with Gasteiger partial charge in [0.2, 0.25) is 9.04 Å². The zero-order chi connectivity index (χ0) is 28.1. The fraction of sp³-hybridized carbons (Fsp3) is 0.867. The van der Waals surface area contributed by atoms with Crippen molar-refractivity contribution in [1.82, 2.24) is 0 Å². The summed E-state index contributed by atoms with van der Waals surface area (Å²) >= 11 is 0. The molecule has 0 N–H and O–H groups in total. The summed E-state index contributed by atoms with van der Waals surface area (Å²) < 4.78 is 24.2. The number of methoxy groups -OCH3 is 1. The van der Waals surface area contributed by atoms with E-state index in [1.165, 1.54) is 12.7 Å². The highest BCUT2D eigenvalue weighted by molar-refractivity contribution is 6.48. The molecule has 8 unspecified atom stereocenters. The lowest BCUT2D eigenvalue weighted by atomic mass is 9.47. The molecule has 0 aromatic carbocycles. The lowest BCUT2D eigenvalue weighted by molar-refractivity contribution is -0.317. The van der Waals surface area contributed by atoms with Crippen molar-refractivity contribution >= 4 is 21.0 Å². The summed E-state index contributed by atoms with van der Waals surface area (Å²) in [5, 5.41) is 0. The van der Waals surface area contributed by atoms with E-state index in [-0.39, 0.29) is 46.6 Å². The standard InChI is InChI=1S/C30H51O6Si/c1-18(2)25(31)28(9)22(6)13-23-30(17-34-23,35-26(32)33-10)24(28)21(5)16-29(36-37(11)12)15-20(4)19(3)14-27(29,7)8/h14,18,20-24H,13,15-17H2,1-12H3. The second kappa shape index (κ2) is 10.4. The van der Waals surface area contributed by atoms with Gasteiger partial charge in [-0.05, 0) is 57.0 Å². The summed E-state index contributed by atoms with van der Waals surface area (Å²) in [6.07, 6.45) is 3.85. The molecule has 3 rings (SSSR count). The first-order valence-corrected chi connectivity index (χ1v) is 16.5. The quantitative estimate of drug-likeness (QED) is 0.192. The Morgan fingerprint density at radius 3 is 2.27 bits per heavy atom. The van der Waals surface area contributed by atoms with E-state index in [4.69, 9.17) is 18.6 Å².